The molecule has 2 aliphatic rings. The number of nitrogens with one attached hydrogen (secondary N) is 3. The topological polar surface area (TPSA) is 81.3 Å². The van der Waals surface area contributed by atoms with Gasteiger partial charge in [-0.15, -0.1) is 0 Å². The summed E-state index contributed by atoms with van der Waals surface area (Å²) in [4.78, 5) is 14.9. The average molecular weight is 277 g/mol. The van der Waals surface area contributed by atoms with E-state index >= 15 is 0 Å². The van der Waals surface area contributed by atoms with E-state index in [0.717, 1.165) is 0 Å². The highest BCUT2D eigenvalue weighted by Crippen LogP contribution is 2.35. The van der Waals surface area contributed by atoms with Crippen molar-refractivity contribution >= 4 is 5.91 Å². The second-order valence-corrected chi connectivity index (χ2v) is 5.65. The second-order valence-electron chi connectivity index (χ2n) is 5.65. The summed E-state index contributed by atoms with van der Waals surface area (Å²) in [5.41, 5.74) is 1.24. The van der Waals surface area contributed by atoms with Gasteiger partial charge in [0.25, 0.3) is 0 Å². The standard InChI is InChI=1S/C14H20N4O2/c1-9-17-14(20-18-9)8-16-13(19)6-10-7-15-12-5-3-2-4-11(10)12/h7,11-12,15H,2-6,8H2,1H3,(H,16,19)/p+1. The lowest BCUT2D eigenvalue weighted by molar-refractivity contribution is -0.406. The highest BCUT2D eigenvalue weighted by molar-refractivity contribution is 5.78. The van der Waals surface area contributed by atoms with Crippen molar-refractivity contribution in [3.8, 4) is 0 Å². The number of hydrogen-bond acceptors (Lipinski definition) is 4. The van der Waals surface area contributed by atoms with E-state index in [1.165, 1.54) is 31.3 Å². The van der Waals surface area contributed by atoms with Crippen LogP contribution in [0.1, 0.15) is 43.8 Å². The van der Waals surface area contributed by atoms with Crippen molar-refractivity contribution in [3.63, 3.8) is 0 Å². The van der Waals surface area contributed by atoms with Gasteiger partial charge in [-0.05, 0) is 24.6 Å². The van der Waals surface area contributed by atoms with Gasteiger partial charge in [0, 0.05) is 25.3 Å². The van der Waals surface area contributed by atoms with Crippen LogP contribution in [0.5, 0.6) is 0 Å². The number of carbonyl (C=O) groups is 1. The summed E-state index contributed by atoms with van der Waals surface area (Å²) in [5.74, 6) is 1.87. The van der Waals surface area contributed by atoms with Gasteiger partial charge in [-0.1, -0.05) is 12.8 Å². The number of carbonyl (C=O) groups excluding carboxylic acids is 1. The number of fused-ring (bicyclic) bond motifs is 1. The first-order valence-electron chi connectivity index (χ1n) is 7.28. The summed E-state index contributed by atoms with van der Waals surface area (Å²) in [6.07, 6.45) is 7.51. The zero-order valence-electron chi connectivity index (χ0n) is 11.7. The van der Waals surface area contributed by atoms with Gasteiger partial charge in [-0.25, -0.2) is 9.51 Å². The maximum Gasteiger partial charge on any atom is 0.343 e. The lowest BCUT2D eigenvalue weighted by Crippen LogP contribution is -2.31. The minimum atomic E-state index is 0.0340. The Labute approximate surface area is 118 Å². The molecule has 1 aliphatic heterocycles. The van der Waals surface area contributed by atoms with Gasteiger partial charge < -0.3 is 10.6 Å². The molecule has 1 amide bonds. The number of amides is 1. The molecule has 0 bridgehead atoms. The van der Waals surface area contributed by atoms with Crippen LogP contribution in [0.3, 0.4) is 0 Å². The molecule has 0 saturated heterocycles. The zero-order valence-corrected chi connectivity index (χ0v) is 11.7. The zero-order chi connectivity index (χ0) is 13.9. The fourth-order valence-electron chi connectivity index (χ4n) is 3.15. The molecule has 108 valence electrons. The average Bonchev–Trinajstić information content (AvgIpc) is 3.04. The van der Waals surface area contributed by atoms with Crippen molar-refractivity contribution in [2.45, 2.75) is 51.6 Å². The summed E-state index contributed by atoms with van der Waals surface area (Å²) < 4.78 is 5.02. The van der Waals surface area contributed by atoms with Crippen LogP contribution in [0.25, 0.3) is 0 Å². The van der Waals surface area contributed by atoms with Gasteiger partial charge in [-0.3, -0.25) is 4.79 Å². The number of aromatic amines is 1. The maximum absolute atomic E-state index is 12.0. The third-order valence-electron chi connectivity index (χ3n) is 4.15. The number of aromatic nitrogens is 2. The van der Waals surface area contributed by atoms with Gasteiger partial charge >= 0.3 is 11.7 Å². The van der Waals surface area contributed by atoms with E-state index in [1.54, 1.807) is 0 Å². The molecule has 3 N–H and O–H groups in total. The summed E-state index contributed by atoms with van der Waals surface area (Å²) >= 11 is 0. The van der Waals surface area contributed by atoms with E-state index < -0.39 is 0 Å². The van der Waals surface area contributed by atoms with Crippen molar-refractivity contribution in [1.82, 2.24) is 15.8 Å². The summed E-state index contributed by atoms with van der Waals surface area (Å²) in [7, 11) is 0. The number of aryl methyl sites for hydroxylation is 1. The van der Waals surface area contributed by atoms with Crippen LogP contribution in [-0.4, -0.2) is 17.1 Å². The van der Waals surface area contributed by atoms with Crippen LogP contribution >= 0.6 is 0 Å². The molecule has 2 heterocycles. The predicted octanol–water partition coefficient (Wildman–Crippen LogP) is 0.849. The van der Waals surface area contributed by atoms with Crippen LogP contribution < -0.4 is 15.6 Å². The SMILES string of the molecule is Cc1noc(CNC(=O)CC2=CNC3CCCCC23)[nH+]1. The van der Waals surface area contributed by atoms with E-state index in [2.05, 4.69) is 20.8 Å². The van der Waals surface area contributed by atoms with E-state index in [9.17, 15) is 4.79 Å². The first-order valence-corrected chi connectivity index (χ1v) is 7.28. The Morgan fingerprint density at radius 3 is 3.20 bits per heavy atom. The third-order valence-corrected chi connectivity index (χ3v) is 4.15. The lowest BCUT2D eigenvalue weighted by atomic mass is 9.81. The van der Waals surface area contributed by atoms with Gasteiger partial charge in [-0.2, -0.15) is 0 Å². The molecule has 1 fully saturated rings. The van der Waals surface area contributed by atoms with E-state index in [4.69, 9.17) is 4.52 Å². The van der Waals surface area contributed by atoms with Crippen molar-refractivity contribution in [2.75, 3.05) is 0 Å². The molecule has 1 aliphatic carbocycles. The molecule has 20 heavy (non-hydrogen) atoms. The largest absolute Gasteiger partial charge is 0.388 e. The molecular formula is C14H21N4O2+. The van der Waals surface area contributed by atoms with Crippen LogP contribution in [0.15, 0.2) is 16.3 Å². The normalized spacial score (nSPS) is 24.8. The summed E-state index contributed by atoms with van der Waals surface area (Å²) in [6.45, 7) is 2.17. The highest BCUT2D eigenvalue weighted by atomic mass is 16.5. The monoisotopic (exact) mass is 277 g/mol. The van der Waals surface area contributed by atoms with Gasteiger partial charge in [0.1, 0.15) is 6.54 Å². The van der Waals surface area contributed by atoms with Crippen molar-refractivity contribution in [1.29, 1.82) is 0 Å². The molecule has 2 atom stereocenters. The fourth-order valence-corrected chi connectivity index (χ4v) is 3.15. The molecule has 0 spiro atoms. The van der Waals surface area contributed by atoms with Crippen LogP contribution in [-0.2, 0) is 11.3 Å². The molecule has 6 nitrogen and oxygen atoms in total. The minimum Gasteiger partial charge on any atom is -0.388 e. The Morgan fingerprint density at radius 2 is 2.40 bits per heavy atom. The van der Waals surface area contributed by atoms with E-state index in [1.807, 2.05) is 13.1 Å². The first-order chi connectivity index (χ1) is 9.72. The molecule has 1 saturated carbocycles. The van der Waals surface area contributed by atoms with E-state index in [0.29, 0.717) is 36.6 Å². The number of rotatable bonds is 4. The van der Waals surface area contributed by atoms with Gasteiger partial charge in [0.15, 0.2) is 5.16 Å². The maximum atomic E-state index is 12.0. The molecule has 2 unspecified atom stereocenters. The number of nitrogens with zero attached hydrogens (tertiary/aromatic N) is 1. The summed E-state index contributed by atoms with van der Waals surface area (Å²) in [6, 6.07) is 0.553. The number of hydrogen-bond donors (Lipinski definition) is 2. The smallest absolute Gasteiger partial charge is 0.343 e. The summed E-state index contributed by atoms with van der Waals surface area (Å²) in [5, 5.41) is 10.0. The number of H-pyrrole nitrogens is 1. The first kappa shape index (κ1) is 13.1. The Hall–Kier alpha value is -1.85. The van der Waals surface area contributed by atoms with E-state index in [-0.39, 0.29) is 5.91 Å². The highest BCUT2D eigenvalue weighted by Gasteiger charge is 2.32. The Balaban J connectivity index is 1.49. The quantitative estimate of drug-likeness (QED) is 0.855. The van der Waals surface area contributed by atoms with Crippen molar-refractivity contribution in [2.24, 2.45) is 5.92 Å². The van der Waals surface area contributed by atoms with Crippen LogP contribution in [0, 0.1) is 12.8 Å². The minimum absolute atomic E-state index is 0.0340. The Morgan fingerprint density at radius 1 is 1.55 bits per heavy atom. The second kappa shape index (κ2) is 5.64. The molecule has 1 aromatic heterocycles. The molecular weight excluding hydrogens is 256 g/mol. The fraction of sp³-hybridized carbons (Fsp3) is 0.643. The molecule has 3 rings (SSSR count). The van der Waals surface area contributed by atoms with Crippen molar-refractivity contribution in [3.05, 3.63) is 23.5 Å². The van der Waals surface area contributed by atoms with Gasteiger partial charge in [0.05, 0.1) is 0 Å². The molecule has 6 heteroatoms. The van der Waals surface area contributed by atoms with Gasteiger partial charge in [0.2, 0.25) is 5.91 Å². The van der Waals surface area contributed by atoms with Crippen LogP contribution in [0.2, 0.25) is 0 Å². The van der Waals surface area contributed by atoms with Crippen molar-refractivity contribution < 1.29 is 14.3 Å². The van der Waals surface area contributed by atoms with Crippen LogP contribution in [0.4, 0.5) is 0 Å². The third kappa shape index (κ3) is 2.84. The predicted molar refractivity (Wildman–Crippen MR) is 71.2 cm³/mol. The Kier molecular flexibility index (Phi) is 3.71. The Bertz CT molecular complexity index is 523. The molecule has 0 aromatic carbocycles. The molecule has 0 radical (unpaired) electrons. The lowest BCUT2D eigenvalue weighted by Gasteiger charge is -2.27. The molecule has 1 aromatic rings.